The smallest absolute Gasteiger partial charge is 0.312 e. The third kappa shape index (κ3) is 3.50. The highest BCUT2D eigenvalue weighted by Crippen LogP contribution is 2.28. The van der Waals surface area contributed by atoms with Crippen LogP contribution in [0.2, 0.25) is 0 Å². The third-order valence-corrected chi connectivity index (χ3v) is 2.39. The lowest BCUT2D eigenvalue weighted by Crippen LogP contribution is -2.03. The zero-order valence-electron chi connectivity index (χ0n) is 8.92. The highest BCUT2D eigenvalue weighted by atomic mass is 32.1. The van der Waals surface area contributed by atoms with Gasteiger partial charge in [0.15, 0.2) is 5.75 Å². The zero-order chi connectivity index (χ0) is 12.8. The zero-order valence-corrected chi connectivity index (χ0v) is 9.81. The van der Waals surface area contributed by atoms with Crippen molar-refractivity contribution in [1.82, 2.24) is 0 Å². The highest BCUT2D eigenvalue weighted by molar-refractivity contribution is 7.80. The van der Waals surface area contributed by atoms with Crippen LogP contribution in [0.4, 0.5) is 5.69 Å². The summed E-state index contributed by atoms with van der Waals surface area (Å²) in [7, 11) is 0. The molecule has 0 aliphatic rings. The number of thiol groups is 1. The molecule has 0 heterocycles. The molecule has 0 saturated heterocycles. The molecule has 0 atom stereocenters. The summed E-state index contributed by atoms with van der Waals surface area (Å²) in [4.78, 5) is 10.2. The maximum atomic E-state index is 10.8. The van der Waals surface area contributed by atoms with Gasteiger partial charge in [-0.25, -0.2) is 0 Å². The second-order valence-corrected chi connectivity index (χ2v) is 3.56. The van der Waals surface area contributed by atoms with Crippen LogP contribution in [0.25, 0.3) is 0 Å². The van der Waals surface area contributed by atoms with E-state index in [0.29, 0.717) is 11.3 Å². The molecule has 1 rings (SSSR count). The molecule has 0 aliphatic carbocycles. The van der Waals surface area contributed by atoms with Crippen molar-refractivity contribution in [1.29, 1.82) is 5.26 Å². The van der Waals surface area contributed by atoms with Crippen molar-refractivity contribution in [2.45, 2.75) is 0 Å². The van der Waals surface area contributed by atoms with Crippen molar-refractivity contribution in [2.75, 3.05) is 12.4 Å². The fraction of sp³-hybridized carbons (Fsp3) is 0.182. The van der Waals surface area contributed by atoms with E-state index in [2.05, 4.69) is 19.2 Å². The standard InChI is InChI=1S/C11H10N2O3S/c1-8(7-17)6-16-11-3-2-9(5-12)4-10(11)13(14)15/h2-4,17H,1,6-7H2. The van der Waals surface area contributed by atoms with Crippen LogP contribution >= 0.6 is 12.6 Å². The van der Waals surface area contributed by atoms with Crippen LogP contribution in [0.3, 0.4) is 0 Å². The normalized spacial score (nSPS) is 9.41. The molecule has 6 heteroatoms. The first kappa shape index (κ1) is 13.1. The van der Waals surface area contributed by atoms with Crippen molar-refractivity contribution in [2.24, 2.45) is 0 Å². The Labute approximate surface area is 104 Å². The number of nitriles is 1. The highest BCUT2D eigenvalue weighted by Gasteiger charge is 2.16. The predicted molar refractivity (Wildman–Crippen MR) is 66.3 cm³/mol. The van der Waals surface area contributed by atoms with Gasteiger partial charge in [-0.05, 0) is 17.7 Å². The summed E-state index contributed by atoms with van der Waals surface area (Å²) in [6.45, 7) is 3.84. The summed E-state index contributed by atoms with van der Waals surface area (Å²) < 4.78 is 5.25. The van der Waals surface area contributed by atoms with E-state index in [0.717, 1.165) is 0 Å². The number of hydrogen-bond acceptors (Lipinski definition) is 5. The van der Waals surface area contributed by atoms with Gasteiger partial charge in [0, 0.05) is 11.8 Å². The minimum absolute atomic E-state index is 0.122. The summed E-state index contributed by atoms with van der Waals surface area (Å²) >= 11 is 4.00. The Kier molecular flexibility index (Phi) is 4.55. The molecule has 0 bridgehead atoms. The maximum Gasteiger partial charge on any atom is 0.312 e. The molecular weight excluding hydrogens is 240 g/mol. The van der Waals surface area contributed by atoms with Gasteiger partial charge >= 0.3 is 5.69 Å². The van der Waals surface area contributed by atoms with E-state index in [4.69, 9.17) is 10.00 Å². The lowest BCUT2D eigenvalue weighted by Gasteiger charge is -2.07. The molecule has 0 spiro atoms. The molecule has 1 aromatic rings. The van der Waals surface area contributed by atoms with Gasteiger partial charge in [-0.2, -0.15) is 17.9 Å². The van der Waals surface area contributed by atoms with Gasteiger partial charge < -0.3 is 4.74 Å². The quantitative estimate of drug-likeness (QED) is 0.376. The van der Waals surface area contributed by atoms with E-state index in [1.54, 1.807) is 0 Å². The van der Waals surface area contributed by atoms with Crippen LogP contribution in [0.5, 0.6) is 5.75 Å². The van der Waals surface area contributed by atoms with Crippen LogP contribution < -0.4 is 4.74 Å². The number of nitrogens with zero attached hydrogens (tertiary/aromatic N) is 2. The lowest BCUT2D eigenvalue weighted by atomic mass is 10.2. The van der Waals surface area contributed by atoms with Gasteiger partial charge in [0.05, 0.1) is 16.6 Å². The molecule has 0 N–H and O–H groups in total. The molecule has 88 valence electrons. The van der Waals surface area contributed by atoms with Crippen LogP contribution in [0.1, 0.15) is 5.56 Å². The van der Waals surface area contributed by atoms with Crippen LogP contribution in [0, 0.1) is 21.4 Å². The molecule has 1 aromatic carbocycles. The molecule has 17 heavy (non-hydrogen) atoms. The molecule has 0 aliphatic heterocycles. The number of hydrogen-bond donors (Lipinski definition) is 1. The molecule has 0 radical (unpaired) electrons. The van der Waals surface area contributed by atoms with E-state index >= 15 is 0 Å². The topological polar surface area (TPSA) is 76.2 Å². The first-order valence-corrected chi connectivity index (χ1v) is 5.30. The average Bonchev–Trinajstić information content (AvgIpc) is 2.35. The number of ether oxygens (including phenoxy) is 1. The first-order chi connectivity index (χ1) is 8.08. The first-order valence-electron chi connectivity index (χ1n) is 4.67. The van der Waals surface area contributed by atoms with Crippen molar-refractivity contribution >= 4 is 18.3 Å². The number of nitro benzene ring substituents is 1. The number of rotatable bonds is 5. The van der Waals surface area contributed by atoms with Gasteiger partial charge in [0.2, 0.25) is 0 Å². The van der Waals surface area contributed by atoms with E-state index in [1.165, 1.54) is 18.2 Å². The SMILES string of the molecule is C=C(CS)COc1ccc(C#N)cc1[N+](=O)[O-]. The van der Waals surface area contributed by atoms with Crippen LogP contribution in [0.15, 0.2) is 30.4 Å². The molecule has 0 unspecified atom stereocenters. The fourth-order valence-electron chi connectivity index (χ4n) is 1.08. The summed E-state index contributed by atoms with van der Waals surface area (Å²) in [5.74, 6) is 0.571. The second kappa shape index (κ2) is 5.92. The van der Waals surface area contributed by atoms with Gasteiger partial charge in [-0.1, -0.05) is 6.58 Å². The van der Waals surface area contributed by atoms with E-state index in [9.17, 15) is 10.1 Å². The van der Waals surface area contributed by atoms with Crippen LogP contribution in [-0.4, -0.2) is 17.3 Å². The predicted octanol–water partition coefficient (Wildman–Crippen LogP) is 2.33. The van der Waals surface area contributed by atoms with Crippen molar-refractivity contribution in [3.63, 3.8) is 0 Å². The monoisotopic (exact) mass is 250 g/mol. The molecular formula is C11H10N2O3S. The van der Waals surface area contributed by atoms with E-state index < -0.39 is 4.92 Å². The molecule has 5 nitrogen and oxygen atoms in total. The van der Waals surface area contributed by atoms with Crippen molar-refractivity contribution in [3.05, 3.63) is 46.0 Å². The minimum Gasteiger partial charge on any atom is -0.482 e. The Morgan fingerprint density at radius 3 is 2.88 bits per heavy atom. The molecule has 0 aromatic heterocycles. The minimum atomic E-state index is -0.584. The molecule has 0 saturated carbocycles. The largest absolute Gasteiger partial charge is 0.482 e. The third-order valence-electron chi connectivity index (χ3n) is 1.94. The molecule has 0 amide bonds. The molecule has 0 fully saturated rings. The average molecular weight is 250 g/mol. The van der Waals surface area contributed by atoms with E-state index in [-0.39, 0.29) is 23.6 Å². The van der Waals surface area contributed by atoms with Gasteiger partial charge in [0.1, 0.15) is 6.61 Å². The maximum absolute atomic E-state index is 10.8. The Balaban J connectivity index is 2.95. The fourth-order valence-corrected chi connectivity index (χ4v) is 1.17. The Hall–Kier alpha value is -2.00. The van der Waals surface area contributed by atoms with Crippen molar-refractivity contribution in [3.8, 4) is 11.8 Å². The Bertz CT molecular complexity index is 494. The summed E-state index contributed by atoms with van der Waals surface area (Å²) in [5.41, 5.74) is 0.708. The Morgan fingerprint density at radius 1 is 1.65 bits per heavy atom. The summed E-state index contributed by atoms with van der Waals surface area (Å²) in [6.07, 6.45) is 0. The van der Waals surface area contributed by atoms with Crippen LogP contribution in [-0.2, 0) is 0 Å². The van der Waals surface area contributed by atoms with E-state index in [1.807, 2.05) is 6.07 Å². The van der Waals surface area contributed by atoms with Crippen molar-refractivity contribution < 1.29 is 9.66 Å². The lowest BCUT2D eigenvalue weighted by molar-refractivity contribution is -0.385. The number of benzene rings is 1. The Morgan fingerprint density at radius 2 is 2.35 bits per heavy atom. The van der Waals surface area contributed by atoms with Gasteiger partial charge in [-0.3, -0.25) is 10.1 Å². The van der Waals surface area contributed by atoms with Gasteiger partial charge in [-0.15, -0.1) is 0 Å². The van der Waals surface area contributed by atoms with Gasteiger partial charge in [0.25, 0.3) is 0 Å². The number of nitro groups is 1. The second-order valence-electron chi connectivity index (χ2n) is 3.25. The summed E-state index contributed by atoms with van der Waals surface area (Å²) in [5, 5.41) is 19.4. The summed E-state index contributed by atoms with van der Waals surface area (Å²) in [6, 6.07) is 5.88.